The first kappa shape index (κ1) is 62.5. The Balaban J connectivity index is 0.000000130. The number of hydrogen-bond acceptors (Lipinski definition) is 12. The Morgan fingerprint density at radius 1 is 0.416 bits per heavy atom. The summed E-state index contributed by atoms with van der Waals surface area (Å²) in [5, 5.41) is 0. The van der Waals surface area contributed by atoms with Crippen molar-refractivity contribution >= 4 is 84.5 Å². The van der Waals surface area contributed by atoms with Gasteiger partial charge in [0.1, 0.15) is 41.1 Å². The number of nitrogens with one attached hydrogen (secondary N) is 3. The van der Waals surface area contributed by atoms with Crippen molar-refractivity contribution < 1.29 is 28.6 Å². The molecule has 6 aromatic heterocycles. The summed E-state index contributed by atoms with van der Waals surface area (Å²) >= 11 is 0. The zero-order valence-electron chi connectivity index (χ0n) is 51.5. The molecule has 6 heterocycles. The Hall–Kier alpha value is -11.0. The largest absolute Gasteiger partial charge is 0.443 e. The summed E-state index contributed by atoms with van der Waals surface area (Å²) in [7, 11) is 0. The molecule has 0 aliphatic rings. The topological polar surface area (TPSA) is 218 Å². The molecule has 0 amide bonds. The summed E-state index contributed by atoms with van der Waals surface area (Å²) in [6.07, 6.45) is 4.25. The van der Waals surface area contributed by atoms with E-state index in [0.717, 1.165) is 95.4 Å². The molecule has 0 atom stereocenters. The average Bonchev–Trinajstić information content (AvgIpc) is 1.80. The number of carbonyl (C=O) groups is 3. The molecule has 0 unspecified atom stereocenters. The molecule has 0 radical (unpaired) electrons. The highest BCUT2D eigenvalue weighted by molar-refractivity contribution is 5.92. The van der Waals surface area contributed by atoms with Gasteiger partial charge in [0.25, 0.3) is 0 Å². The van der Waals surface area contributed by atoms with Crippen LogP contribution in [0.4, 0.5) is 14.4 Å². The number of ether oxygens (including phenoxy) is 3. The number of hydrogen-bond donors (Lipinski definition) is 3. The van der Waals surface area contributed by atoms with Crippen LogP contribution in [0.3, 0.4) is 0 Å². The fourth-order valence-electron chi connectivity index (χ4n) is 8.82. The number of imidazole rings is 6. The van der Waals surface area contributed by atoms with E-state index in [9.17, 15) is 14.4 Å². The summed E-state index contributed by atoms with van der Waals surface area (Å²) in [5.74, 6) is 2.49. The van der Waals surface area contributed by atoms with E-state index >= 15 is 0 Å². The number of nitrogens with zero attached hydrogens (tertiary/aromatic N) is 9. The first-order valence-electron chi connectivity index (χ1n) is 29.1. The zero-order valence-corrected chi connectivity index (χ0v) is 51.5. The first-order valence-corrected chi connectivity index (χ1v) is 29.1. The minimum Gasteiger partial charge on any atom is -0.443 e. The van der Waals surface area contributed by atoms with E-state index in [2.05, 4.69) is 57.0 Å². The van der Waals surface area contributed by atoms with Gasteiger partial charge in [0.05, 0.1) is 72.5 Å². The zero-order chi connectivity index (χ0) is 63.1. The van der Waals surface area contributed by atoms with Crippen molar-refractivity contribution in [3.63, 3.8) is 0 Å². The van der Waals surface area contributed by atoms with Crippen molar-refractivity contribution in [1.82, 2.24) is 58.6 Å². The van der Waals surface area contributed by atoms with E-state index in [1.54, 1.807) is 6.33 Å². The summed E-state index contributed by atoms with van der Waals surface area (Å²) in [6, 6.07) is 66.3. The van der Waals surface area contributed by atoms with Gasteiger partial charge < -0.3 is 29.2 Å². The lowest BCUT2D eigenvalue weighted by Gasteiger charge is -2.23. The Morgan fingerprint density at radius 3 is 1.36 bits per heavy atom. The lowest BCUT2D eigenvalue weighted by Crippen LogP contribution is -2.29. The molecular formula is C71H72N12O6. The van der Waals surface area contributed by atoms with Crippen molar-refractivity contribution in [2.45, 2.75) is 92.5 Å². The second kappa shape index (κ2) is 28.0. The Labute approximate surface area is 515 Å². The van der Waals surface area contributed by atoms with Gasteiger partial charge >= 0.3 is 18.3 Å². The molecule has 452 valence electrons. The van der Waals surface area contributed by atoms with Crippen molar-refractivity contribution in [2.24, 2.45) is 0 Å². The maximum absolute atomic E-state index is 12.6. The average molecular weight is 1190 g/mol. The summed E-state index contributed by atoms with van der Waals surface area (Å²) in [4.78, 5) is 71.7. The minimum atomic E-state index is -0.559. The van der Waals surface area contributed by atoms with Crippen molar-refractivity contribution in [3.05, 3.63) is 231 Å². The minimum absolute atomic E-state index is 0.384. The molecule has 0 aliphatic heterocycles. The number of H-pyrrole nitrogens is 3. The molecule has 0 bridgehead atoms. The monoisotopic (exact) mass is 1190 g/mol. The normalized spacial score (nSPS) is 11.2. The van der Waals surface area contributed by atoms with Crippen LogP contribution in [0.15, 0.2) is 225 Å². The van der Waals surface area contributed by atoms with Gasteiger partial charge in [-0.2, -0.15) is 0 Å². The van der Waals surface area contributed by atoms with E-state index in [4.69, 9.17) is 14.2 Å². The smallest absolute Gasteiger partial charge is 0.420 e. The predicted octanol–water partition coefficient (Wildman–Crippen LogP) is 17.2. The van der Waals surface area contributed by atoms with E-state index in [1.165, 1.54) is 26.4 Å². The molecule has 0 spiro atoms. The molecule has 3 N–H and O–H groups in total. The number of benzene rings is 8. The lowest BCUT2D eigenvalue weighted by atomic mass is 10.1. The third-order valence-electron chi connectivity index (χ3n) is 13.4. The third-order valence-corrected chi connectivity index (χ3v) is 13.4. The second-order valence-electron chi connectivity index (χ2n) is 23.0. The molecule has 18 nitrogen and oxygen atoms in total. The molecule has 0 saturated carbocycles. The number of aromatic nitrogens is 12. The Kier molecular flexibility index (Phi) is 19.7. The molecule has 8 aromatic carbocycles. The molecular weight excluding hydrogens is 1120 g/mol. The first-order chi connectivity index (χ1) is 42.7. The predicted molar refractivity (Wildman–Crippen MR) is 353 cm³/mol. The van der Waals surface area contributed by atoms with Crippen molar-refractivity contribution in [1.29, 1.82) is 0 Å². The van der Waals surface area contributed by atoms with Gasteiger partial charge in [-0.3, -0.25) is 0 Å². The van der Waals surface area contributed by atoms with Crippen molar-refractivity contribution in [3.8, 4) is 22.8 Å². The molecule has 0 aliphatic carbocycles. The van der Waals surface area contributed by atoms with Crippen LogP contribution >= 0.6 is 0 Å². The van der Waals surface area contributed by atoms with Gasteiger partial charge in [0.15, 0.2) is 5.82 Å². The number of aryl methyl sites for hydroxylation is 1. The quantitative estimate of drug-likeness (QED) is 0.140. The lowest BCUT2D eigenvalue weighted by molar-refractivity contribution is 0.0376. The van der Waals surface area contributed by atoms with Crippen LogP contribution in [0.1, 0.15) is 74.6 Å². The number of rotatable bonds is 4. The highest BCUT2D eigenvalue weighted by Gasteiger charge is 2.25. The van der Waals surface area contributed by atoms with E-state index in [-0.39, 0.29) is 6.09 Å². The highest BCUT2D eigenvalue weighted by atomic mass is 16.6. The Morgan fingerprint density at radius 2 is 0.843 bits per heavy atom. The van der Waals surface area contributed by atoms with Crippen LogP contribution in [0.25, 0.3) is 89.0 Å². The molecule has 14 rings (SSSR count). The van der Waals surface area contributed by atoms with Crippen LogP contribution < -0.4 is 0 Å². The van der Waals surface area contributed by atoms with E-state index in [0.29, 0.717) is 5.82 Å². The van der Waals surface area contributed by atoms with E-state index < -0.39 is 29.0 Å². The number of carbonyl (C=O) groups excluding carboxylic acids is 3. The van der Waals surface area contributed by atoms with Crippen LogP contribution in [-0.4, -0.2) is 93.6 Å². The van der Waals surface area contributed by atoms with Gasteiger partial charge in [0.2, 0.25) is 0 Å². The fraction of sp³-hybridized carbons (Fsp3) is 0.197. The second-order valence-corrected chi connectivity index (χ2v) is 23.0. The third kappa shape index (κ3) is 16.7. The Bertz CT molecular complexity index is 4520. The van der Waals surface area contributed by atoms with Gasteiger partial charge in [-0.1, -0.05) is 140 Å². The van der Waals surface area contributed by atoms with Crippen LogP contribution in [0.5, 0.6) is 0 Å². The fourth-order valence-corrected chi connectivity index (χ4v) is 8.82. The molecule has 0 saturated heterocycles. The van der Waals surface area contributed by atoms with Gasteiger partial charge in [0, 0.05) is 11.1 Å². The van der Waals surface area contributed by atoms with Gasteiger partial charge in [-0.15, -0.1) is 0 Å². The highest BCUT2D eigenvalue weighted by Crippen LogP contribution is 2.27. The van der Waals surface area contributed by atoms with Gasteiger partial charge in [-0.25, -0.2) is 58.0 Å². The van der Waals surface area contributed by atoms with Crippen molar-refractivity contribution in [2.75, 3.05) is 0 Å². The summed E-state index contributed by atoms with van der Waals surface area (Å²) in [6.45, 7) is 18.8. The standard InChI is InChI=1S/C18H18N2O2.C13H16N2O2.C13H10N2.C12H14N2O2.C8H8N2.C7H6N2/c1-18(2,3)22-17(21)20-15-12-8-7-11-14(15)19-16(20)13-9-5-4-6-10-13;1-4-13(2,3)17-12(16)15-9-14-10-7-5-6-8-11(10)15;1-2-6-10(7-3-1)13-14-11-8-4-5-9-12(11)15-13;1-12(2,3)16-11(15)14-8-13-9-6-4-5-7-10(9)14;1-6-9-7-4-2-3-5-8(7)10-6;1-2-4-7-6(3-1)8-5-9-7/h4-12H,1-3H3;5-9H,4H2,1-3H3;1-9H,(H,14,15);4-8H,1-3H3;2-5H,1H3,(H,9,10);1-5H,(H,8,9). The van der Waals surface area contributed by atoms with Crippen LogP contribution in [0, 0.1) is 6.92 Å². The molecule has 14 aromatic rings. The number of fused-ring (bicyclic) bond motifs is 6. The maximum atomic E-state index is 12.6. The van der Waals surface area contributed by atoms with Crippen LogP contribution in [0.2, 0.25) is 0 Å². The molecule has 0 fully saturated rings. The SMILES string of the molecule is CC(C)(C)OC(=O)n1c(-c2ccccc2)nc2ccccc21.CC(C)(C)OC(=O)n1cnc2ccccc21.CCC(C)(C)OC(=O)n1cnc2ccccc21.Cc1nc2ccccc2[nH]1.c1ccc(-c2nc3ccccc3[nH]2)cc1.c1ccc2[nH]cnc2c1. The summed E-state index contributed by atoms with van der Waals surface area (Å²) in [5.41, 5.74) is 11.5. The van der Waals surface area contributed by atoms with E-state index in [1.807, 2.05) is 263 Å². The molecule has 89 heavy (non-hydrogen) atoms. The summed E-state index contributed by atoms with van der Waals surface area (Å²) < 4.78 is 20.6. The van der Waals surface area contributed by atoms with Crippen LogP contribution in [-0.2, 0) is 14.2 Å². The number of para-hydroxylation sites is 12. The van der Waals surface area contributed by atoms with Gasteiger partial charge in [-0.05, 0) is 142 Å². The number of aromatic amines is 3. The maximum Gasteiger partial charge on any atom is 0.420 e. The molecule has 18 heteroatoms.